The van der Waals surface area contributed by atoms with E-state index in [4.69, 9.17) is 8.94 Å². The van der Waals surface area contributed by atoms with E-state index < -0.39 is 6.10 Å². The van der Waals surface area contributed by atoms with Crippen LogP contribution in [-0.4, -0.2) is 67.0 Å². The molecule has 25 heavy (non-hydrogen) atoms. The fraction of sp³-hybridized carbons (Fsp3) is 0.750. The van der Waals surface area contributed by atoms with Crippen molar-refractivity contribution in [1.29, 1.82) is 0 Å². The number of β-amino-alcohol motifs (C(OH)–C–C–N with tert-alkyl or cyclic N) is 1. The number of aliphatic hydroxyl groups is 1. The van der Waals surface area contributed by atoms with Crippen LogP contribution in [0.15, 0.2) is 8.94 Å². The molecule has 0 spiro atoms. The molecule has 2 aromatic rings. The average molecular weight is 350 g/mol. The Morgan fingerprint density at radius 1 is 1.32 bits per heavy atom. The van der Waals surface area contributed by atoms with Gasteiger partial charge in [-0.15, -0.1) is 10.2 Å². The Labute approximate surface area is 147 Å². The van der Waals surface area contributed by atoms with E-state index in [0.717, 1.165) is 13.0 Å². The molecule has 1 aliphatic rings. The summed E-state index contributed by atoms with van der Waals surface area (Å²) in [5.41, 5.74) is 0. The minimum Gasteiger partial charge on any atom is -0.424 e. The third-order valence-electron chi connectivity index (χ3n) is 4.77. The van der Waals surface area contributed by atoms with Gasteiger partial charge in [-0.25, -0.2) is 0 Å². The number of nitrogens with zero attached hydrogens (tertiary/aromatic N) is 6. The summed E-state index contributed by atoms with van der Waals surface area (Å²) >= 11 is 0. The first-order valence-electron chi connectivity index (χ1n) is 8.79. The van der Waals surface area contributed by atoms with Crippen LogP contribution >= 0.6 is 0 Å². The van der Waals surface area contributed by atoms with Crippen LogP contribution in [0.3, 0.4) is 0 Å². The SMILES string of the molecule is CCc1noc([C@H](C)N2C[C@@H](O)[C@H](N(CC)Cc3nnc(C)o3)C2)n1. The van der Waals surface area contributed by atoms with E-state index in [1.807, 2.05) is 13.8 Å². The molecular formula is C16H26N6O3. The van der Waals surface area contributed by atoms with Crippen LogP contribution < -0.4 is 0 Å². The van der Waals surface area contributed by atoms with Crippen LogP contribution in [0.2, 0.25) is 0 Å². The van der Waals surface area contributed by atoms with Crippen LogP contribution in [0.4, 0.5) is 0 Å². The normalized spacial score (nSPS) is 22.8. The molecule has 2 aromatic heterocycles. The monoisotopic (exact) mass is 350 g/mol. The minimum atomic E-state index is -0.458. The number of likely N-dealkylation sites (tertiary alicyclic amines) is 1. The Kier molecular flexibility index (Phi) is 5.45. The summed E-state index contributed by atoms with van der Waals surface area (Å²) in [4.78, 5) is 8.74. The molecule has 3 rings (SSSR count). The predicted octanol–water partition coefficient (Wildman–Crippen LogP) is 0.952. The average Bonchev–Trinajstić information content (AvgIpc) is 3.32. The highest BCUT2D eigenvalue weighted by Crippen LogP contribution is 2.27. The van der Waals surface area contributed by atoms with Gasteiger partial charge < -0.3 is 14.0 Å². The smallest absolute Gasteiger partial charge is 0.243 e. The molecule has 1 N–H and O–H groups in total. The number of rotatable bonds is 7. The molecule has 1 fully saturated rings. The van der Waals surface area contributed by atoms with Gasteiger partial charge in [-0.3, -0.25) is 9.80 Å². The van der Waals surface area contributed by atoms with Gasteiger partial charge in [0.15, 0.2) is 5.82 Å². The molecule has 1 saturated heterocycles. The molecule has 3 heterocycles. The molecule has 1 aliphatic heterocycles. The van der Waals surface area contributed by atoms with Gasteiger partial charge in [-0.1, -0.05) is 19.0 Å². The number of likely N-dealkylation sites (N-methyl/N-ethyl adjacent to an activating group) is 1. The summed E-state index contributed by atoms with van der Waals surface area (Å²) in [7, 11) is 0. The number of aliphatic hydroxyl groups excluding tert-OH is 1. The lowest BCUT2D eigenvalue weighted by Crippen LogP contribution is -2.42. The van der Waals surface area contributed by atoms with Crippen LogP contribution in [0, 0.1) is 6.92 Å². The lowest BCUT2D eigenvalue weighted by atomic mass is 10.2. The van der Waals surface area contributed by atoms with Gasteiger partial charge >= 0.3 is 0 Å². The molecule has 0 unspecified atom stereocenters. The van der Waals surface area contributed by atoms with E-state index in [1.54, 1.807) is 6.92 Å². The summed E-state index contributed by atoms with van der Waals surface area (Å²) in [6.45, 7) is 10.5. The van der Waals surface area contributed by atoms with Crippen LogP contribution in [0.5, 0.6) is 0 Å². The van der Waals surface area contributed by atoms with Crippen LogP contribution in [-0.2, 0) is 13.0 Å². The standard InChI is InChI=1S/C16H26N6O3/c1-5-14-17-16(25-20-14)10(3)22-7-12(13(23)8-22)21(6-2)9-15-19-18-11(4)24-15/h10,12-13,23H,5-9H2,1-4H3/t10-,12+,13+/m0/s1. The van der Waals surface area contributed by atoms with Crippen molar-refractivity contribution in [1.82, 2.24) is 30.1 Å². The first kappa shape index (κ1) is 18.0. The summed E-state index contributed by atoms with van der Waals surface area (Å²) in [6, 6.07) is -0.0370. The lowest BCUT2D eigenvalue weighted by molar-refractivity contribution is 0.0759. The molecule has 9 heteroatoms. The molecule has 0 radical (unpaired) electrons. The maximum atomic E-state index is 10.6. The molecule has 3 atom stereocenters. The van der Waals surface area contributed by atoms with E-state index in [2.05, 4.69) is 37.1 Å². The number of hydrogen-bond donors (Lipinski definition) is 1. The maximum Gasteiger partial charge on any atom is 0.243 e. The molecular weight excluding hydrogens is 324 g/mol. The molecule has 0 aromatic carbocycles. The van der Waals surface area contributed by atoms with Crippen molar-refractivity contribution >= 4 is 0 Å². The number of aryl methyl sites for hydroxylation is 2. The number of hydrogen-bond acceptors (Lipinski definition) is 9. The predicted molar refractivity (Wildman–Crippen MR) is 88.6 cm³/mol. The van der Waals surface area contributed by atoms with Gasteiger partial charge in [0.2, 0.25) is 17.7 Å². The van der Waals surface area contributed by atoms with Crippen molar-refractivity contribution in [2.24, 2.45) is 0 Å². The molecule has 0 aliphatic carbocycles. The Balaban J connectivity index is 1.66. The largest absolute Gasteiger partial charge is 0.424 e. The minimum absolute atomic E-state index is 0.00627. The van der Waals surface area contributed by atoms with Gasteiger partial charge in [0.25, 0.3) is 0 Å². The van der Waals surface area contributed by atoms with Crippen molar-refractivity contribution in [2.45, 2.75) is 58.8 Å². The molecule has 0 bridgehead atoms. The Bertz CT molecular complexity index is 687. The van der Waals surface area contributed by atoms with Crippen molar-refractivity contribution in [3.8, 4) is 0 Å². The first-order valence-corrected chi connectivity index (χ1v) is 8.79. The van der Waals surface area contributed by atoms with Gasteiger partial charge in [0.1, 0.15) is 0 Å². The molecule has 138 valence electrons. The zero-order valence-corrected chi connectivity index (χ0v) is 15.2. The van der Waals surface area contributed by atoms with E-state index in [-0.39, 0.29) is 12.1 Å². The summed E-state index contributed by atoms with van der Waals surface area (Å²) in [5, 5.41) is 22.5. The topological polar surface area (TPSA) is 105 Å². The van der Waals surface area contributed by atoms with Crippen molar-refractivity contribution in [3.05, 3.63) is 23.5 Å². The Morgan fingerprint density at radius 2 is 2.12 bits per heavy atom. The maximum absolute atomic E-state index is 10.6. The van der Waals surface area contributed by atoms with Crippen molar-refractivity contribution < 1.29 is 14.0 Å². The Morgan fingerprint density at radius 3 is 2.72 bits per heavy atom. The Hall–Kier alpha value is -1.84. The van der Waals surface area contributed by atoms with Gasteiger partial charge in [0, 0.05) is 26.4 Å². The number of aromatic nitrogens is 4. The second-order valence-electron chi connectivity index (χ2n) is 6.44. The van der Waals surface area contributed by atoms with Gasteiger partial charge in [-0.2, -0.15) is 4.98 Å². The summed E-state index contributed by atoms with van der Waals surface area (Å²) in [5.74, 6) is 2.43. The second-order valence-corrected chi connectivity index (χ2v) is 6.44. The second kappa shape index (κ2) is 7.59. The first-order chi connectivity index (χ1) is 12.0. The third-order valence-corrected chi connectivity index (χ3v) is 4.77. The van der Waals surface area contributed by atoms with Gasteiger partial charge in [-0.05, 0) is 13.5 Å². The van der Waals surface area contributed by atoms with Crippen LogP contribution in [0.1, 0.15) is 50.3 Å². The highest BCUT2D eigenvalue weighted by Gasteiger charge is 2.39. The summed E-state index contributed by atoms with van der Waals surface area (Å²) in [6.07, 6.45) is 0.286. The van der Waals surface area contributed by atoms with E-state index in [9.17, 15) is 5.11 Å². The van der Waals surface area contributed by atoms with E-state index in [1.165, 1.54) is 0 Å². The van der Waals surface area contributed by atoms with Crippen LogP contribution in [0.25, 0.3) is 0 Å². The lowest BCUT2D eigenvalue weighted by Gasteiger charge is -2.28. The van der Waals surface area contributed by atoms with Crippen molar-refractivity contribution in [3.63, 3.8) is 0 Å². The zero-order valence-electron chi connectivity index (χ0n) is 15.2. The third kappa shape index (κ3) is 3.88. The molecule has 0 saturated carbocycles. The molecule has 9 nitrogen and oxygen atoms in total. The fourth-order valence-corrected chi connectivity index (χ4v) is 3.25. The van der Waals surface area contributed by atoms with Crippen molar-refractivity contribution in [2.75, 3.05) is 19.6 Å². The summed E-state index contributed by atoms with van der Waals surface area (Å²) < 4.78 is 10.8. The fourth-order valence-electron chi connectivity index (χ4n) is 3.25. The quantitative estimate of drug-likeness (QED) is 0.781. The highest BCUT2D eigenvalue weighted by molar-refractivity contribution is 4.99. The molecule has 0 amide bonds. The zero-order chi connectivity index (χ0) is 18.0. The van der Waals surface area contributed by atoms with E-state index in [0.29, 0.717) is 43.1 Å². The van der Waals surface area contributed by atoms with E-state index >= 15 is 0 Å². The highest BCUT2D eigenvalue weighted by atomic mass is 16.5. The van der Waals surface area contributed by atoms with Gasteiger partial charge in [0.05, 0.1) is 24.7 Å².